The van der Waals surface area contributed by atoms with Crippen LogP contribution in [0.15, 0.2) is 36.4 Å². The van der Waals surface area contributed by atoms with Crippen molar-refractivity contribution in [1.82, 2.24) is 19.6 Å². The van der Waals surface area contributed by atoms with Gasteiger partial charge in [0.05, 0.1) is 33.3 Å². The second-order valence-electron chi connectivity index (χ2n) is 16.1. The molecule has 2 saturated heterocycles. The third-order valence-corrected chi connectivity index (χ3v) is 9.44. The Morgan fingerprint density at radius 2 is 1.03 bits per heavy atom. The van der Waals surface area contributed by atoms with Crippen molar-refractivity contribution >= 4 is 36.3 Å². The van der Waals surface area contributed by atoms with Crippen molar-refractivity contribution in [3.8, 4) is 0 Å². The molecule has 4 aliphatic heterocycles. The van der Waals surface area contributed by atoms with E-state index in [1.165, 1.54) is 33.9 Å². The zero-order chi connectivity index (χ0) is 42.0. The third-order valence-electron chi connectivity index (χ3n) is 9.44. The number of rotatable bonds is 4. The number of methoxy groups -OCH3 is 1. The van der Waals surface area contributed by atoms with Crippen LogP contribution in [0.1, 0.15) is 76.6 Å². The Morgan fingerprint density at radius 3 is 1.39 bits per heavy atom. The van der Waals surface area contributed by atoms with Crippen molar-refractivity contribution in [2.45, 2.75) is 116 Å². The largest absolute Gasteiger partial charge is 1.00 e. The van der Waals surface area contributed by atoms with Crippen LogP contribution in [0, 0.1) is 11.6 Å². The monoisotopic (exact) mass is 826 g/mol. The van der Waals surface area contributed by atoms with Gasteiger partial charge in [-0.15, -0.1) is 0 Å². The Labute approximate surface area is 352 Å². The maximum atomic E-state index is 13.9. The van der Waals surface area contributed by atoms with E-state index in [2.05, 4.69) is 0 Å². The SMILES string of the molecule is CC(C)(C)OC(=O)N1C[C@H](OC(=O)N2Cc3cccc(F)c3C2)C[C@H]1C(=O)O.COC(=O)[C@@H]1C[C@@H](OC(=O)N2Cc3cccc(F)c3C2)CN1C(=O)OC(C)(C)C.[Li+].[OH-]. The molecule has 0 aliphatic carbocycles. The fourth-order valence-corrected chi connectivity index (χ4v) is 6.86. The number of benzene rings is 2. The molecule has 2 N–H and O–H groups in total. The van der Waals surface area contributed by atoms with E-state index in [1.54, 1.807) is 65.8 Å². The molecule has 0 radical (unpaired) electrons. The van der Waals surface area contributed by atoms with Gasteiger partial charge in [-0.1, -0.05) is 24.3 Å². The van der Waals surface area contributed by atoms with Gasteiger partial charge in [-0.25, -0.2) is 37.5 Å². The Balaban J connectivity index is 0.000000305. The normalized spacial score (nSPS) is 20.5. The van der Waals surface area contributed by atoms with Crippen molar-refractivity contribution in [2.75, 3.05) is 20.2 Å². The van der Waals surface area contributed by atoms with Crippen LogP contribution in [0.25, 0.3) is 0 Å². The van der Waals surface area contributed by atoms with Crippen molar-refractivity contribution in [1.29, 1.82) is 0 Å². The number of carbonyl (C=O) groups excluding carboxylic acids is 5. The predicted molar refractivity (Wildman–Crippen MR) is 196 cm³/mol. The number of hydrogen-bond acceptors (Lipinski definition) is 12. The molecule has 17 nitrogen and oxygen atoms in total. The van der Waals surface area contributed by atoms with Crippen molar-refractivity contribution in [3.63, 3.8) is 0 Å². The van der Waals surface area contributed by atoms with Crippen LogP contribution in [-0.4, -0.2) is 122 Å². The minimum absolute atomic E-state index is 0. The van der Waals surface area contributed by atoms with Gasteiger partial charge >= 0.3 is 55.2 Å². The molecule has 318 valence electrons. The van der Waals surface area contributed by atoms with Gasteiger partial charge in [0.1, 0.15) is 47.1 Å². The number of carboxylic acids is 1. The molecule has 0 aromatic heterocycles. The van der Waals surface area contributed by atoms with E-state index in [4.69, 9.17) is 23.7 Å². The number of carboxylic acid groups (broad SMARTS) is 1. The van der Waals surface area contributed by atoms with Gasteiger partial charge in [-0.2, -0.15) is 0 Å². The Morgan fingerprint density at radius 1 is 0.644 bits per heavy atom. The molecule has 4 amide bonds. The van der Waals surface area contributed by atoms with Crippen molar-refractivity contribution < 1.29 is 90.7 Å². The summed E-state index contributed by atoms with van der Waals surface area (Å²) in [5.74, 6) is -2.54. The molecular formula is C39H49F2LiN4O13. The number of nitrogens with zero attached hydrogens (tertiary/aromatic N) is 4. The van der Waals surface area contributed by atoms with E-state index >= 15 is 0 Å². The first-order valence-corrected chi connectivity index (χ1v) is 18.4. The number of carbonyl (C=O) groups is 6. The van der Waals surface area contributed by atoms with Gasteiger partial charge in [-0.3, -0.25) is 19.6 Å². The van der Waals surface area contributed by atoms with E-state index in [0.29, 0.717) is 16.7 Å². The summed E-state index contributed by atoms with van der Waals surface area (Å²) in [6, 6.07) is 7.33. The number of esters is 1. The predicted octanol–water partition coefficient (Wildman–Crippen LogP) is 2.40. The summed E-state index contributed by atoms with van der Waals surface area (Å²) in [4.78, 5) is 78.4. The summed E-state index contributed by atoms with van der Waals surface area (Å²) in [7, 11) is 1.23. The zero-order valence-corrected chi connectivity index (χ0v) is 34.4. The van der Waals surface area contributed by atoms with Crippen molar-refractivity contribution in [3.05, 3.63) is 70.3 Å². The minimum atomic E-state index is -1.19. The smallest absolute Gasteiger partial charge is 0.870 e. The van der Waals surface area contributed by atoms with E-state index < -0.39 is 71.8 Å². The first-order chi connectivity index (χ1) is 26.6. The van der Waals surface area contributed by atoms with Gasteiger partial charge in [0.15, 0.2) is 0 Å². The molecular weight excluding hydrogens is 777 g/mol. The second kappa shape index (κ2) is 19.3. The minimum Gasteiger partial charge on any atom is -0.870 e. The summed E-state index contributed by atoms with van der Waals surface area (Å²) in [5.41, 5.74) is 0.847. The third kappa shape index (κ3) is 12.0. The molecule has 0 unspecified atom stereocenters. The maximum absolute atomic E-state index is 13.9. The van der Waals surface area contributed by atoms with Crippen LogP contribution in [-0.2, 0) is 59.5 Å². The molecule has 59 heavy (non-hydrogen) atoms. The number of amides is 4. The fraction of sp³-hybridized carbons (Fsp3) is 0.538. The Bertz CT molecular complexity index is 1910. The first kappa shape index (κ1) is 48.2. The van der Waals surface area contributed by atoms with Crippen LogP contribution in [0.2, 0.25) is 0 Å². The van der Waals surface area contributed by atoms with Gasteiger partial charge in [0.2, 0.25) is 0 Å². The number of hydrogen-bond donors (Lipinski definition) is 1. The maximum Gasteiger partial charge on any atom is 1.00 e. The average molecular weight is 827 g/mol. The molecule has 2 aromatic carbocycles. The van der Waals surface area contributed by atoms with Crippen LogP contribution >= 0.6 is 0 Å². The topological polar surface area (TPSA) is 212 Å². The first-order valence-electron chi connectivity index (χ1n) is 18.4. The summed E-state index contributed by atoms with van der Waals surface area (Å²) in [6.45, 7) is 10.8. The van der Waals surface area contributed by atoms with Crippen LogP contribution in [0.5, 0.6) is 0 Å². The van der Waals surface area contributed by atoms with E-state index in [0.717, 1.165) is 10.5 Å². The van der Waals surface area contributed by atoms with Crippen LogP contribution < -0.4 is 18.9 Å². The quantitative estimate of drug-likeness (QED) is 0.267. The summed E-state index contributed by atoms with van der Waals surface area (Å²) in [6.07, 6.45) is -4.16. The van der Waals surface area contributed by atoms with E-state index in [-0.39, 0.29) is 88.1 Å². The molecule has 6 rings (SSSR count). The van der Waals surface area contributed by atoms with Gasteiger partial charge < -0.3 is 34.3 Å². The molecule has 0 spiro atoms. The Hall–Kier alpha value is -5.12. The summed E-state index contributed by atoms with van der Waals surface area (Å²) >= 11 is 0. The van der Waals surface area contributed by atoms with Gasteiger partial charge in [0.25, 0.3) is 0 Å². The van der Waals surface area contributed by atoms with Crippen LogP contribution in [0.3, 0.4) is 0 Å². The number of fused-ring (bicyclic) bond motifs is 2. The molecule has 2 fully saturated rings. The molecule has 4 atom stereocenters. The molecule has 0 saturated carbocycles. The zero-order valence-electron chi connectivity index (χ0n) is 34.4. The molecule has 4 aliphatic rings. The van der Waals surface area contributed by atoms with Crippen LogP contribution in [0.4, 0.5) is 28.0 Å². The summed E-state index contributed by atoms with van der Waals surface area (Å²) in [5, 5.41) is 9.40. The standard InChI is InChI=1S/C20H25FN2O6.C19H23FN2O6.Li.H2O/c1-20(2,3)29-19(26)23-10-13(8-16(23)17(24)27-4)28-18(25)22-9-12-6-5-7-15(21)14(12)11-22;1-19(2,3)28-18(26)22-9-12(7-15(22)16(23)24)27-17(25)21-8-11-5-4-6-14(20)13(11)10-21;;/h5-7,13,16H,8-11H2,1-4H3;4-6,12,15H,7-10H2,1-3H3,(H,23,24);;1H2/q;;+1;/p-1/t13-,16+;12-,15+;;/m11../s1. The molecule has 2 aromatic rings. The summed E-state index contributed by atoms with van der Waals surface area (Å²) < 4.78 is 54.0. The number of aliphatic carboxylic acids is 1. The van der Waals surface area contributed by atoms with E-state index in [1.807, 2.05) is 0 Å². The molecule has 4 heterocycles. The second-order valence-corrected chi connectivity index (χ2v) is 16.1. The molecule has 0 bridgehead atoms. The van der Waals surface area contributed by atoms with Gasteiger partial charge in [-0.05, 0) is 64.8 Å². The number of halogens is 2. The van der Waals surface area contributed by atoms with E-state index in [9.17, 15) is 42.7 Å². The average Bonchev–Trinajstić information content (AvgIpc) is 3.92. The number of ether oxygens (including phenoxy) is 5. The Kier molecular flexibility index (Phi) is 15.8. The molecule has 20 heteroatoms. The fourth-order valence-electron chi connectivity index (χ4n) is 6.86. The van der Waals surface area contributed by atoms with Crippen molar-refractivity contribution in [2.24, 2.45) is 0 Å². The number of likely N-dealkylation sites (tertiary alicyclic amines) is 2. The van der Waals surface area contributed by atoms with Gasteiger partial charge in [0, 0.05) is 37.1 Å².